The lowest BCUT2D eigenvalue weighted by Crippen LogP contribution is -2.40. The minimum absolute atomic E-state index is 0.117. The first-order valence-corrected chi connectivity index (χ1v) is 9.42. The standard InChI is InChI=1S/C18H23N3O2S/c1-12-5-6-24-17(12)18(22)21-7-14(10-23-9-13-3-4-13)16-15(8-21)19-11-20(16)2/h5-6,11,13-14H,3-4,7-10H2,1-2H3. The summed E-state index contributed by atoms with van der Waals surface area (Å²) in [5, 5.41) is 1.98. The minimum atomic E-state index is 0.117. The summed E-state index contributed by atoms with van der Waals surface area (Å²) in [6.07, 6.45) is 4.44. The highest BCUT2D eigenvalue weighted by Crippen LogP contribution is 2.32. The van der Waals surface area contributed by atoms with E-state index in [0.29, 0.717) is 19.7 Å². The number of ether oxygens (including phenoxy) is 1. The van der Waals surface area contributed by atoms with Crippen LogP contribution in [0.15, 0.2) is 17.8 Å². The van der Waals surface area contributed by atoms with Crippen LogP contribution in [0.3, 0.4) is 0 Å². The molecule has 24 heavy (non-hydrogen) atoms. The Morgan fingerprint density at radius 3 is 2.96 bits per heavy atom. The fourth-order valence-corrected chi connectivity index (χ4v) is 4.31. The van der Waals surface area contributed by atoms with Gasteiger partial charge in [-0.25, -0.2) is 4.98 Å². The topological polar surface area (TPSA) is 47.4 Å². The number of carbonyl (C=O) groups is 1. The van der Waals surface area contributed by atoms with E-state index < -0.39 is 0 Å². The van der Waals surface area contributed by atoms with E-state index >= 15 is 0 Å². The van der Waals surface area contributed by atoms with Crippen molar-refractivity contribution in [3.63, 3.8) is 0 Å². The lowest BCUT2D eigenvalue weighted by atomic mass is 9.98. The van der Waals surface area contributed by atoms with Crippen LogP contribution in [0.25, 0.3) is 0 Å². The zero-order valence-electron chi connectivity index (χ0n) is 14.2. The summed E-state index contributed by atoms with van der Waals surface area (Å²) >= 11 is 1.52. The molecule has 1 unspecified atom stereocenters. The second kappa shape index (κ2) is 6.33. The number of amides is 1. The fraction of sp³-hybridized carbons (Fsp3) is 0.556. The van der Waals surface area contributed by atoms with Gasteiger partial charge in [0.05, 0.1) is 30.1 Å². The van der Waals surface area contributed by atoms with Gasteiger partial charge in [-0.1, -0.05) is 0 Å². The van der Waals surface area contributed by atoms with Gasteiger partial charge in [-0.05, 0) is 42.7 Å². The van der Waals surface area contributed by atoms with Gasteiger partial charge < -0.3 is 14.2 Å². The van der Waals surface area contributed by atoms with E-state index in [0.717, 1.165) is 28.7 Å². The molecule has 5 nitrogen and oxygen atoms in total. The molecular weight excluding hydrogens is 322 g/mol. The number of rotatable bonds is 5. The molecule has 1 aliphatic carbocycles. The molecule has 0 N–H and O–H groups in total. The Labute approximate surface area is 146 Å². The van der Waals surface area contributed by atoms with Crippen molar-refractivity contribution in [1.82, 2.24) is 14.5 Å². The van der Waals surface area contributed by atoms with Crippen LogP contribution in [0, 0.1) is 12.8 Å². The second-order valence-electron chi connectivity index (χ2n) is 6.98. The molecule has 0 bridgehead atoms. The zero-order valence-corrected chi connectivity index (χ0v) is 15.0. The Kier molecular flexibility index (Phi) is 4.18. The van der Waals surface area contributed by atoms with E-state index in [2.05, 4.69) is 9.55 Å². The van der Waals surface area contributed by atoms with Crippen molar-refractivity contribution < 1.29 is 9.53 Å². The van der Waals surface area contributed by atoms with Crippen LogP contribution in [-0.4, -0.2) is 40.1 Å². The van der Waals surface area contributed by atoms with Crippen molar-refractivity contribution >= 4 is 17.2 Å². The van der Waals surface area contributed by atoms with Gasteiger partial charge in [-0.3, -0.25) is 4.79 Å². The largest absolute Gasteiger partial charge is 0.380 e. The van der Waals surface area contributed by atoms with Crippen LogP contribution in [0.5, 0.6) is 0 Å². The van der Waals surface area contributed by atoms with Crippen molar-refractivity contribution in [3.05, 3.63) is 39.6 Å². The van der Waals surface area contributed by atoms with Crippen molar-refractivity contribution in [3.8, 4) is 0 Å². The van der Waals surface area contributed by atoms with Gasteiger partial charge in [0.1, 0.15) is 0 Å². The first-order chi connectivity index (χ1) is 11.6. The maximum Gasteiger partial charge on any atom is 0.264 e. The number of thiophene rings is 1. The lowest BCUT2D eigenvalue weighted by Gasteiger charge is -2.32. The highest BCUT2D eigenvalue weighted by Gasteiger charge is 2.33. The quantitative estimate of drug-likeness (QED) is 0.837. The summed E-state index contributed by atoms with van der Waals surface area (Å²) in [7, 11) is 2.03. The van der Waals surface area contributed by atoms with Crippen molar-refractivity contribution in [2.24, 2.45) is 13.0 Å². The van der Waals surface area contributed by atoms with E-state index in [1.807, 2.05) is 36.6 Å². The first-order valence-electron chi connectivity index (χ1n) is 8.54. The van der Waals surface area contributed by atoms with Gasteiger partial charge in [0.25, 0.3) is 5.91 Å². The third-order valence-corrected chi connectivity index (χ3v) is 5.95. The lowest BCUT2D eigenvalue weighted by molar-refractivity contribution is 0.0622. The number of fused-ring (bicyclic) bond motifs is 1. The summed E-state index contributed by atoms with van der Waals surface area (Å²) in [5.41, 5.74) is 3.28. The minimum Gasteiger partial charge on any atom is -0.380 e. The summed E-state index contributed by atoms with van der Waals surface area (Å²) in [5.74, 6) is 1.07. The summed E-state index contributed by atoms with van der Waals surface area (Å²) in [4.78, 5) is 20.2. The number of hydrogen-bond donors (Lipinski definition) is 0. The zero-order chi connectivity index (χ0) is 16.7. The van der Waals surface area contributed by atoms with E-state index in [1.54, 1.807) is 0 Å². The Balaban J connectivity index is 1.53. The van der Waals surface area contributed by atoms with Gasteiger partial charge in [0.15, 0.2) is 0 Å². The Bertz CT molecular complexity index is 747. The van der Waals surface area contributed by atoms with Crippen LogP contribution >= 0.6 is 11.3 Å². The predicted molar refractivity (Wildman–Crippen MR) is 93.3 cm³/mol. The molecule has 128 valence electrons. The second-order valence-corrected chi connectivity index (χ2v) is 7.90. The monoisotopic (exact) mass is 345 g/mol. The van der Waals surface area contributed by atoms with Gasteiger partial charge in [0, 0.05) is 31.8 Å². The summed E-state index contributed by atoms with van der Waals surface area (Å²) in [6, 6.07) is 2.00. The number of imidazole rings is 1. The molecule has 0 aromatic carbocycles. The number of aryl methyl sites for hydroxylation is 2. The molecule has 1 atom stereocenters. The number of carbonyl (C=O) groups excluding carboxylic acids is 1. The maximum absolute atomic E-state index is 12.9. The van der Waals surface area contributed by atoms with Crippen LogP contribution in [0.4, 0.5) is 0 Å². The van der Waals surface area contributed by atoms with Crippen molar-refractivity contribution in [1.29, 1.82) is 0 Å². The van der Waals surface area contributed by atoms with Crippen molar-refractivity contribution in [2.45, 2.75) is 32.2 Å². The molecular formula is C18H23N3O2S. The summed E-state index contributed by atoms with van der Waals surface area (Å²) < 4.78 is 8.03. The number of hydrogen-bond acceptors (Lipinski definition) is 4. The molecule has 1 amide bonds. The fourth-order valence-electron chi connectivity index (χ4n) is 3.41. The molecule has 2 aromatic heterocycles. The smallest absolute Gasteiger partial charge is 0.264 e. The molecule has 1 aliphatic heterocycles. The predicted octanol–water partition coefficient (Wildman–Crippen LogP) is 2.96. The van der Waals surface area contributed by atoms with Gasteiger partial charge in [0.2, 0.25) is 0 Å². The highest BCUT2D eigenvalue weighted by atomic mass is 32.1. The Morgan fingerprint density at radius 1 is 1.42 bits per heavy atom. The molecule has 2 aliphatic rings. The Hall–Kier alpha value is -1.66. The average molecular weight is 345 g/mol. The molecule has 1 saturated carbocycles. The first kappa shape index (κ1) is 15.8. The van der Waals surface area contributed by atoms with E-state index in [4.69, 9.17) is 4.74 Å². The molecule has 4 rings (SSSR count). The molecule has 2 aromatic rings. The number of nitrogens with zero attached hydrogens (tertiary/aromatic N) is 3. The molecule has 3 heterocycles. The average Bonchev–Trinajstić information content (AvgIpc) is 3.18. The summed E-state index contributed by atoms with van der Waals surface area (Å²) in [6.45, 7) is 4.80. The normalized spacial score (nSPS) is 20.2. The van der Waals surface area contributed by atoms with Crippen LogP contribution in [-0.2, 0) is 18.3 Å². The third kappa shape index (κ3) is 3.00. The Morgan fingerprint density at radius 2 is 2.25 bits per heavy atom. The maximum atomic E-state index is 12.9. The van der Waals surface area contributed by atoms with Gasteiger partial charge >= 0.3 is 0 Å². The molecule has 0 radical (unpaired) electrons. The third-order valence-electron chi connectivity index (χ3n) is 4.94. The SMILES string of the molecule is Cc1ccsc1C(=O)N1Cc2ncn(C)c2C(COCC2CC2)C1. The molecule has 0 saturated heterocycles. The number of aromatic nitrogens is 2. The van der Waals surface area contributed by atoms with Crippen LogP contribution in [0.2, 0.25) is 0 Å². The molecule has 6 heteroatoms. The van der Waals surface area contributed by atoms with Crippen LogP contribution < -0.4 is 0 Å². The highest BCUT2D eigenvalue weighted by molar-refractivity contribution is 7.12. The van der Waals surface area contributed by atoms with Gasteiger partial charge in [-0.2, -0.15) is 0 Å². The van der Waals surface area contributed by atoms with Gasteiger partial charge in [-0.15, -0.1) is 11.3 Å². The van der Waals surface area contributed by atoms with Crippen molar-refractivity contribution in [2.75, 3.05) is 19.8 Å². The molecule has 1 fully saturated rings. The van der Waals surface area contributed by atoms with E-state index in [-0.39, 0.29) is 11.8 Å². The van der Waals surface area contributed by atoms with Crippen LogP contribution in [0.1, 0.15) is 45.4 Å². The van der Waals surface area contributed by atoms with E-state index in [9.17, 15) is 4.79 Å². The van der Waals surface area contributed by atoms with E-state index in [1.165, 1.54) is 29.9 Å². The molecule has 0 spiro atoms.